The normalized spacial score (nSPS) is 12.4. The van der Waals surface area contributed by atoms with Gasteiger partial charge in [-0.1, -0.05) is 12.1 Å². The van der Waals surface area contributed by atoms with Crippen molar-refractivity contribution in [1.82, 2.24) is 0 Å². The van der Waals surface area contributed by atoms with Gasteiger partial charge >= 0.3 is 5.63 Å². The fourth-order valence-electron chi connectivity index (χ4n) is 2.58. The Kier molecular flexibility index (Phi) is 3.55. The SMILES string of the molecule is CC(=O)C[C@H](c1ccco1)c1c(O)c2ccccc2oc1=O. The smallest absolute Gasteiger partial charge is 0.343 e. The van der Waals surface area contributed by atoms with Crippen LogP contribution in [0.3, 0.4) is 0 Å². The Morgan fingerprint density at radius 3 is 2.68 bits per heavy atom. The number of rotatable bonds is 4. The van der Waals surface area contributed by atoms with Crippen molar-refractivity contribution < 1.29 is 18.7 Å². The molecule has 1 aromatic carbocycles. The summed E-state index contributed by atoms with van der Waals surface area (Å²) < 4.78 is 10.6. The molecule has 5 nitrogen and oxygen atoms in total. The second-order valence-corrected chi connectivity index (χ2v) is 5.12. The van der Waals surface area contributed by atoms with Crippen molar-refractivity contribution in [2.24, 2.45) is 0 Å². The predicted octanol–water partition coefficient (Wildman–Crippen LogP) is 3.20. The van der Waals surface area contributed by atoms with Gasteiger partial charge in [0.15, 0.2) is 0 Å². The maximum absolute atomic E-state index is 12.3. The number of Topliss-reactive ketones (excluding diaryl/α,β-unsaturated/α-hetero) is 1. The Balaban J connectivity index is 2.26. The third-order valence-corrected chi connectivity index (χ3v) is 3.55. The fourth-order valence-corrected chi connectivity index (χ4v) is 2.58. The molecule has 112 valence electrons. The Labute approximate surface area is 125 Å². The summed E-state index contributed by atoms with van der Waals surface area (Å²) in [4.78, 5) is 23.8. The van der Waals surface area contributed by atoms with E-state index in [9.17, 15) is 14.7 Å². The number of aromatic hydroxyl groups is 1. The van der Waals surface area contributed by atoms with Gasteiger partial charge in [0.2, 0.25) is 0 Å². The molecule has 0 saturated heterocycles. The largest absolute Gasteiger partial charge is 0.507 e. The molecule has 2 heterocycles. The summed E-state index contributed by atoms with van der Waals surface area (Å²) in [5.74, 6) is -0.524. The van der Waals surface area contributed by atoms with Crippen LogP contribution in [0.25, 0.3) is 11.0 Å². The summed E-state index contributed by atoms with van der Waals surface area (Å²) in [6.07, 6.45) is 1.51. The number of ketones is 1. The third-order valence-electron chi connectivity index (χ3n) is 3.55. The lowest BCUT2D eigenvalue weighted by Gasteiger charge is -2.14. The summed E-state index contributed by atoms with van der Waals surface area (Å²) in [5, 5.41) is 10.9. The molecule has 1 atom stereocenters. The number of carbonyl (C=O) groups excluding carboxylic acids is 1. The minimum absolute atomic E-state index is 0.0452. The van der Waals surface area contributed by atoms with Crippen molar-refractivity contribution in [3.05, 3.63) is 64.4 Å². The summed E-state index contributed by atoms with van der Waals surface area (Å²) in [5.41, 5.74) is -0.322. The molecule has 0 saturated carbocycles. The first kappa shape index (κ1) is 14.1. The highest BCUT2D eigenvalue weighted by molar-refractivity contribution is 5.85. The molecule has 22 heavy (non-hydrogen) atoms. The average Bonchev–Trinajstić information content (AvgIpc) is 3.00. The zero-order valence-corrected chi connectivity index (χ0v) is 11.9. The highest BCUT2D eigenvalue weighted by atomic mass is 16.4. The number of para-hydroxylation sites is 1. The predicted molar refractivity (Wildman–Crippen MR) is 80.0 cm³/mol. The molecule has 0 unspecified atom stereocenters. The zero-order chi connectivity index (χ0) is 15.7. The van der Waals surface area contributed by atoms with Gasteiger partial charge in [-0.05, 0) is 31.2 Å². The van der Waals surface area contributed by atoms with Crippen LogP contribution in [0.2, 0.25) is 0 Å². The summed E-state index contributed by atoms with van der Waals surface area (Å²) >= 11 is 0. The van der Waals surface area contributed by atoms with Gasteiger partial charge in [-0.3, -0.25) is 4.79 Å². The number of hydrogen-bond donors (Lipinski definition) is 1. The number of benzene rings is 1. The maximum Gasteiger partial charge on any atom is 0.343 e. The van der Waals surface area contributed by atoms with E-state index in [0.29, 0.717) is 16.7 Å². The first-order valence-electron chi connectivity index (χ1n) is 6.85. The molecule has 2 aromatic heterocycles. The van der Waals surface area contributed by atoms with Crippen LogP contribution < -0.4 is 5.63 Å². The second-order valence-electron chi connectivity index (χ2n) is 5.12. The molecule has 0 aliphatic rings. The molecule has 5 heteroatoms. The fraction of sp³-hybridized carbons (Fsp3) is 0.176. The summed E-state index contributed by atoms with van der Waals surface area (Å²) in [6, 6.07) is 10.0. The van der Waals surface area contributed by atoms with Gasteiger partial charge in [-0.15, -0.1) is 0 Å². The highest BCUT2D eigenvalue weighted by Crippen LogP contribution is 2.36. The average molecular weight is 298 g/mol. The lowest BCUT2D eigenvalue weighted by atomic mass is 9.91. The van der Waals surface area contributed by atoms with Crippen molar-refractivity contribution in [2.75, 3.05) is 0 Å². The molecule has 0 spiro atoms. The third kappa shape index (κ3) is 2.41. The van der Waals surface area contributed by atoms with E-state index in [1.165, 1.54) is 13.2 Å². The van der Waals surface area contributed by atoms with E-state index in [4.69, 9.17) is 8.83 Å². The van der Waals surface area contributed by atoms with Crippen molar-refractivity contribution in [1.29, 1.82) is 0 Å². The number of carbonyl (C=O) groups is 1. The van der Waals surface area contributed by atoms with Crippen LogP contribution in [-0.2, 0) is 4.79 Å². The standard InChI is InChI=1S/C17H14O5/c1-10(18)9-12(13-7-4-8-21-13)15-16(19)11-5-2-3-6-14(11)22-17(15)20/h2-8,12,19H,9H2,1H3/t12-/m1/s1. The molecule has 1 N–H and O–H groups in total. The molecule has 3 aromatic rings. The topological polar surface area (TPSA) is 80.7 Å². The van der Waals surface area contributed by atoms with E-state index in [0.717, 1.165) is 0 Å². The second kappa shape index (κ2) is 5.52. The number of furan rings is 1. The quantitative estimate of drug-likeness (QED) is 0.748. The molecule has 0 aliphatic heterocycles. The Hall–Kier alpha value is -2.82. The summed E-state index contributed by atoms with van der Waals surface area (Å²) in [7, 11) is 0. The molecule has 0 radical (unpaired) electrons. The van der Waals surface area contributed by atoms with Crippen molar-refractivity contribution in [2.45, 2.75) is 19.3 Å². The molecule has 3 rings (SSSR count). The van der Waals surface area contributed by atoms with Gasteiger partial charge in [0, 0.05) is 6.42 Å². The number of hydrogen-bond acceptors (Lipinski definition) is 5. The van der Waals surface area contributed by atoms with E-state index in [1.54, 1.807) is 36.4 Å². The molecular formula is C17H14O5. The Morgan fingerprint density at radius 2 is 2.00 bits per heavy atom. The zero-order valence-electron chi connectivity index (χ0n) is 11.9. The molecule has 0 amide bonds. The number of fused-ring (bicyclic) bond motifs is 1. The van der Waals surface area contributed by atoms with Crippen molar-refractivity contribution >= 4 is 16.8 Å². The van der Waals surface area contributed by atoms with Gasteiger partial charge in [0.25, 0.3) is 0 Å². The van der Waals surface area contributed by atoms with Gasteiger partial charge in [-0.2, -0.15) is 0 Å². The molecule has 0 fully saturated rings. The Bertz CT molecular complexity index is 874. The summed E-state index contributed by atoms with van der Waals surface area (Å²) in [6.45, 7) is 1.43. The molecule has 0 bridgehead atoms. The van der Waals surface area contributed by atoms with E-state index >= 15 is 0 Å². The van der Waals surface area contributed by atoms with E-state index < -0.39 is 11.5 Å². The van der Waals surface area contributed by atoms with Crippen molar-refractivity contribution in [3.8, 4) is 5.75 Å². The van der Waals surface area contributed by atoms with Crippen LogP contribution in [0.15, 0.2) is 56.3 Å². The maximum atomic E-state index is 12.3. The lowest BCUT2D eigenvalue weighted by Crippen LogP contribution is -2.16. The van der Waals surface area contributed by atoms with Crippen LogP contribution in [-0.4, -0.2) is 10.9 Å². The van der Waals surface area contributed by atoms with Crippen molar-refractivity contribution in [3.63, 3.8) is 0 Å². The van der Waals surface area contributed by atoms with Gasteiger partial charge in [-0.25, -0.2) is 4.79 Å². The van der Waals surface area contributed by atoms with Crippen LogP contribution in [0.5, 0.6) is 5.75 Å². The first-order chi connectivity index (χ1) is 10.6. The van der Waals surface area contributed by atoms with Crippen LogP contribution >= 0.6 is 0 Å². The van der Waals surface area contributed by atoms with Crippen LogP contribution in [0.1, 0.15) is 30.6 Å². The minimum Gasteiger partial charge on any atom is -0.507 e. The molecular weight excluding hydrogens is 284 g/mol. The van der Waals surface area contributed by atoms with Gasteiger partial charge < -0.3 is 13.9 Å². The molecule has 0 aliphatic carbocycles. The highest BCUT2D eigenvalue weighted by Gasteiger charge is 2.27. The van der Waals surface area contributed by atoms with Gasteiger partial charge in [0.1, 0.15) is 22.9 Å². The first-order valence-corrected chi connectivity index (χ1v) is 6.85. The Morgan fingerprint density at radius 1 is 1.23 bits per heavy atom. The van der Waals surface area contributed by atoms with E-state index in [2.05, 4.69) is 0 Å². The lowest BCUT2D eigenvalue weighted by molar-refractivity contribution is -0.117. The van der Waals surface area contributed by atoms with E-state index in [1.807, 2.05) is 0 Å². The monoisotopic (exact) mass is 298 g/mol. The van der Waals surface area contributed by atoms with Crippen LogP contribution in [0, 0.1) is 0 Å². The van der Waals surface area contributed by atoms with E-state index in [-0.39, 0.29) is 23.5 Å². The van der Waals surface area contributed by atoms with Crippen LogP contribution in [0.4, 0.5) is 0 Å². The van der Waals surface area contributed by atoms with Gasteiger partial charge in [0.05, 0.1) is 23.1 Å². The minimum atomic E-state index is -0.673.